The molecule has 12 heteroatoms. The van der Waals surface area contributed by atoms with Gasteiger partial charge in [0.1, 0.15) is 6.61 Å². The lowest BCUT2D eigenvalue weighted by Crippen LogP contribution is -2.50. The van der Waals surface area contributed by atoms with Crippen LogP contribution in [0.25, 0.3) is 0 Å². The zero-order valence-electron chi connectivity index (χ0n) is 25.5. The van der Waals surface area contributed by atoms with Crippen LogP contribution in [0.5, 0.6) is 0 Å². The maximum absolute atomic E-state index is 13.6. The summed E-state index contributed by atoms with van der Waals surface area (Å²) < 4.78 is 16.6. The van der Waals surface area contributed by atoms with Crippen LogP contribution >= 0.6 is 0 Å². The minimum Gasteiger partial charge on any atom is -0.381 e. The van der Waals surface area contributed by atoms with E-state index in [9.17, 15) is 19.2 Å². The summed E-state index contributed by atoms with van der Waals surface area (Å²) in [4.78, 5) is 56.5. The highest BCUT2D eigenvalue weighted by Gasteiger charge is 2.41. The van der Waals surface area contributed by atoms with Crippen LogP contribution in [0.2, 0.25) is 0 Å². The summed E-state index contributed by atoms with van der Waals surface area (Å²) in [6.45, 7) is 4.77. The van der Waals surface area contributed by atoms with Crippen molar-refractivity contribution in [1.82, 2.24) is 25.8 Å². The van der Waals surface area contributed by atoms with Crippen LogP contribution in [0.3, 0.4) is 0 Å². The number of carbonyl (C=O) groups is 4. The molecule has 0 aromatic heterocycles. The molecule has 4 atom stereocenters. The Balaban J connectivity index is 1.27. The second-order valence-corrected chi connectivity index (χ2v) is 12.3. The molecule has 4 saturated heterocycles. The number of piperidine rings is 1. The minimum atomic E-state index is -0.351. The van der Waals surface area contributed by atoms with Gasteiger partial charge in [0.2, 0.25) is 17.7 Å². The molecule has 4 aliphatic rings. The van der Waals surface area contributed by atoms with E-state index < -0.39 is 0 Å². The Morgan fingerprint density at radius 2 is 1.55 bits per heavy atom. The van der Waals surface area contributed by atoms with Crippen molar-refractivity contribution >= 4 is 23.6 Å². The topological polar surface area (TPSA) is 139 Å². The molecule has 4 amide bonds. The molecule has 1 aromatic rings. The molecule has 1 aromatic carbocycles. The van der Waals surface area contributed by atoms with Gasteiger partial charge in [-0.2, -0.15) is 0 Å². The number of benzene rings is 1. The van der Waals surface area contributed by atoms with E-state index in [1.165, 1.54) is 0 Å². The first-order valence-electron chi connectivity index (χ1n) is 16.1. The second kappa shape index (κ2) is 16.3. The fourth-order valence-electron chi connectivity index (χ4n) is 6.99. The zero-order valence-corrected chi connectivity index (χ0v) is 25.5. The third kappa shape index (κ3) is 8.99. The van der Waals surface area contributed by atoms with Crippen LogP contribution in [-0.2, 0) is 28.6 Å². The van der Waals surface area contributed by atoms with E-state index in [1.54, 1.807) is 0 Å². The number of ether oxygens (including phenoxy) is 3. The molecule has 0 radical (unpaired) electrons. The van der Waals surface area contributed by atoms with Gasteiger partial charge in [-0.05, 0) is 56.1 Å². The molecule has 4 fully saturated rings. The number of hydrogen-bond donors (Lipinski definition) is 3. The normalized spacial score (nSPS) is 29.5. The minimum absolute atomic E-state index is 0.00725. The van der Waals surface area contributed by atoms with Crippen molar-refractivity contribution < 1.29 is 33.4 Å². The summed E-state index contributed by atoms with van der Waals surface area (Å²) in [5, 5.41) is 9.17. The fraction of sp³-hybridized carbons (Fsp3) is 0.688. The number of nitrogens with zero attached hydrogens (tertiary/aromatic N) is 2. The largest absolute Gasteiger partial charge is 0.381 e. The zero-order chi connectivity index (χ0) is 30.7. The lowest BCUT2D eigenvalue weighted by molar-refractivity contribution is -0.128. The molecule has 0 unspecified atom stereocenters. The molecule has 5 rings (SSSR count). The lowest BCUT2D eigenvalue weighted by atomic mass is 9.80. The van der Waals surface area contributed by atoms with Crippen LogP contribution in [0, 0.1) is 11.8 Å². The first-order chi connectivity index (χ1) is 21.5. The van der Waals surface area contributed by atoms with Gasteiger partial charge in [-0.25, -0.2) is 0 Å². The van der Waals surface area contributed by atoms with Crippen molar-refractivity contribution in [1.29, 1.82) is 0 Å². The number of fused-ring (bicyclic) bond motifs is 3. The van der Waals surface area contributed by atoms with Crippen LogP contribution in [0.4, 0.5) is 0 Å². The van der Waals surface area contributed by atoms with Gasteiger partial charge in [0.15, 0.2) is 0 Å². The third-order valence-corrected chi connectivity index (χ3v) is 9.30. The van der Waals surface area contributed by atoms with Gasteiger partial charge in [0.25, 0.3) is 5.91 Å². The number of carbonyl (C=O) groups excluding carboxylic acids is 4. The number of nitrogens with one attached hydrogen (secondary N) is 3. The number of rotatable bonds is 2. The third-order valence-electron chi connectivity index (χ3n) is 9.30. The first kappa shape index (κ1) is 32.3. The summed E-state index contributed by atoms with van der Waals surface area (Å²) >= 11 is 0. The SMILES string of the molecule is O=C1C[C@@H]2CCN(C(=O)c3ccccc3)C[C@@H]2CCNC(=O)[C@@H]2C[C@@H](CN2C2CCOCC2)NC(=O)COCCOCCN1. The van der Waals surface area contributed by atoms with Crippen molar-refractivity contribution in [2.45, 2.75) is 56.7 Å². The highest BCUT2D eigenvalue weighted by atomic mass is 16.5. The smallest absolute Gasteiger partial charge is 0.253 e. The van der Waals surface area contributed by atoms with Crippen molar-refractivity contribution in [3.05, 3.63) is 35.9 Å². The van der Waals surface area contributed by atoms with E-state index in [2.05, 4.69) is 20.9 Å². The standard InChI is InChI=1S/C32H47N5O7/c38-29-18-24-7-12-36(32(41)23-4-2-1-3-5-23)20-25(24)6-10-34-31(40)28-19-26(21-37(28)27-8-13-42-14-9-27)35-30(39)22-44-17-16-43-15-11-33-29/h1-5,24-28H,6-22H2,(H,33,38)(H,34,40)(H,35,39)/t24-,25-,26-,28-/m0/s1. The predicted molar refractivity (Wildman–Crippen MR) is 162 cm³/mol. The molecule has 12 nitrogen and oxygen atoms in total. The van der Waals surface area contributed by atoms with E-state index in [4.69, 9.17) is 14.2 Å². The quantitative estimate of drug-likeness (QED) is 0.440. The number of amides is 4. The fourth-order valence-corrected chi connectivity index (χ4v) is 6.99. The van der Waals surface area contributed by atoms with E-state index in [1.807, 2.05) is 35.2 Å². The van der Waals surface area contributed by atoms with Crippen molar-refractivity contribution in [2.75, 3.05) is 72.4 Å². The number of hydrogen-bond acceptors (Lipinski definition) is 8. The van der Waals surface area contributed by atoms with Crippen molar-refractivity contribution in [3.8, 4) is 0 Å². The average Bonchev–Trinajstić information content (AvgIpc) is 3.47. The maximum Gasteiger partial charge on any atom is 0.253 e. The Labute approximate surface area is 259 Å². The first-order valence-corrected chi connectivity index (χ1v) is 16.1. The van der Waals surface area contributed by atoms with Crippen molar-refractivity contribution in [3.63, 3.8) is 0 Å². The maximum atomic E-state index is 13.6. The van der Waals surface area contributed by atoms with Gasteiger partial charge >= 0.3 is 0 Å². The van der Waals surface area contributed by atoms with Gasteiger partial charge in [-0.15, -0.1) is 0 Å². The Kier molecular flexibility index (Phi) is 12.0. The molecule has 4 heterocycles. The monoisotopic (exact) mass is 613 g/mol. The Morgan fingerprint density at radius 3 is 2.36 bits per heavy atom. The van der Waals surface area contributed by atoms with Crippen molar-refractivity contribution in [2.24, 2.45) is 11.8 Å². The molecule has 0 spiro atoms. The summed E-state index contributed by atoms with van der Waals surface area (Å²) in [5.41, 5.74) is 0.654. The average molecular weight is 614 g/mol. The van der Waals surface area contributed by atoms with Crippen LogP contribution in [-0.4, -0.2) is 124 Å². The Morgan fingerprint density at radius 1 is 0.773 bits per heavy atom. The summed E-state index contributed by atoms with van der Waals surface area (Å²) in [7, 11) is 0. The van der Waals surface area contributed by atoms with E-state index >= 15 is 0 Å². The summed E-state index contributed by atoms with van der Waals surface area (Å²) in [5.74, 6) is -0.147. The Bertz CT molecular complexity index is 1120. The van der Waals surface area contributed by atoms with Gasteiger partial charge < -0.3 is 35.1 Å². The van der Waals surface area contributed by atoms with Gasteiger partial charge in [0.05, 0.1) is 25.9 Å². The van der Waals surface area contributed by atoms with Crippen LogP contribution in [0.1, 0.15) is 48.9 Å². The highest BCUT2D eigenvalue weighted by molar-refractivity contribution is 5.94. The highest BCUT2D eigenvalue weighted by Crippen LogP contribution is 2.30. The van der Waals surface area contributed by atoms with Gasteiger partial charge in [0, 0.05) is 70.0 Å². The summed E-state index contributed by atoms with van der Waals surface area (Å²) in [6.07, 6.45) is 3.98. The van der Waals surface area contributed by atoms with E-state index in [0.29, 0.717) is 84.0 Å². The molecule has 44 heavy (non-hydrogen) atoms. The van der Waals surface area contributed by atoms with Gasteiger partial charge in [-0.3, -0.25) is 24.1 Å². The molecular formula is C32H47N5O7. The Hall–Kier alpha value is -3.06. The van der Waals surface area contributed by atoms with E-state index in [-0.39, 0.29) is 66.8 Å². The second-order valence-electron chi connectivity index (χ2n) is 12.3. The molecule has 3 N–H and O–H groups in total. The molecule has 0 saturated carbocycles. The molecule has 2 bridgehead atoms. The molecule has 242 valence electrons. The van der Waals surface area contributed by atoms with Gasteiger partial charge in [-0.1, -0.05) is 18.2 Å². The lowest BCUT2D eigenvalue weighted by Gasteiger charge is -2.39. The molecule has 4 aliphatic heterocycles. The van der Waals surface area contributed by atoms with Crippen LogP contribution < -0.4 is 16.0 Å². The van der Waals surface area contributed by atoms with E-state index in [0.717, 1.165) is 19.3 Å². The van der Waals surface area contributed by atoms with Crippen LogP contribution in [0.15, 0.2) is 30.3 Å². The predicted octanol–water partition coefficient (Wildman–Crippen LogP) is 0.562. The number of likely N-dealkylation sites (tertiary alicyclic amines) is 2. The molecular weight excluding hydrogens is 566 g/mol. The molecule has 0 aliphatic carbocycles. The summed E-state index contributed by atoms with van der Waals surface area (Å²) in [6, 6.07) is 9.00.